The predicted octanol–water partition coefficient (Wildman–Crippen LogP) is 1.71. The molecule has 1 unspecified atom stereocenters. The quantitative estimate of drug-likeness (QED) is 0.726. The first-order chi connectivity index (χ1) is 6.33. The summed E-state index contributed by atoms with van der Waals surface area (Å²) in [5.41, 5.74) is 7.28. The van der Waals surface area contributed by atoms with Crippen LogP contribution in [0.25, 0.3) is 0 Å². The van der Waals surface area contributed by atoms with Gasteiger partial charge in [-0.3, -0.25) is 0 Å². The van der Waals surface area contributed by atoms with Gasteiger partial charge in [-0.05, 0) is 18.9 Å². The van der Waals surface area contributed by atoms with Crippen molar-refractivity contribution >= 4 is 5.82 Å². The van der Waals surface area contributed by atoms with E-state index >= 15 is 0 Å². The lowest BCUT2D eigenvalue weighted by molar-refractivity contribution is 0.622. The van der Waals surface area contributed by atoms with Gasteiger partial charge in [-0.2, -0.15) is 0 Å². The molecule has 3 nitrogen and oxygen atoms in total. The summed E-state index contributed by atoms with van der Waals surface area (Å²) in [6.07, 6.45) is 4.34. The third-order valence-electron chi connectivity index (χ3n) is 2.70. The first-order valence-corrected chi connectivity index (χ1v) is 5.01. The minimum Gasteiger partial charge on any atom is -0.371 e. The van der Waals surface area contributed by atoms with E-state index in [-0.39, 0.29) is 6.04 Å². The van der Waals surface area contributed by atoms with Crippen LogP contribution in [0.2, 0.25) is 0 Å². The van der Waals surface area contributed by atoms with Crippen LogP contribution in [0.4, 0.5) is 5.82 Å². The Morgan fingerprint density at radius 2 is 2.54 bits per heavy atom. The fourth-order valence-electron chi connectivity index (χ4n) is 1.85. The van der Waals surface area contributed by atoms with E-state index in [1.807, 2.05) is 0 Å². The van der Waals surface area contributed by atoms with E-state index in [9.17, 15) is 0 Å². The minimum atomic E-state index is 0.182. The highest BCUT2D eigenvalue weighted by atomic mass is 15.1. The van der Waals surface area contributed by atoms with Crippen LogP contribution in [0.3, 0.4) is 0 Å². The summed E-state index contributed by atoms with van der Waals surface area (Å²) in [6.45, 7) is 4.32. The highest BCUT2D eigenvalue weighted by Gasteiger charge is 2.15. The van der Waals surface area contributed by atoms with Gasteiger partial charge >= 0.3 is 0 Å². The summed E-state index contributed by atoms with van der Waals surface area (Å²) >= 11 is 0. The zero-order chi connectivity index (χ0) is 9.26. The van der Waals surface area contributed by atoms with Crippen LogP contribution in [-0.4, -0.2) is 11.1 Å². The van der Waals surface area contributed by atoms with Gasteiger partial charge in [0.05, 0.1) is 0 Å². The third-order valence-corrected chi connectivity index (χ3v) is 2.70. The lowest BCUT2D eigenvalue weighted by atomic mass is 10.1. The highest BCUT2D eigenvalue weighted by molar-refractivity contribution is 5.49. The number of nitrogens with one attached hydrogen (secondary N) is 1. The van der Waals surface area contributed by atoms with Crippen LogP contribution >= 0.6 is 0 Å². The van der Waals surface area contributed by atoms with Crippen molar-refractivity contribution in [2.45, 2.75) is 32.4 Å². The largest absolute Gasteiger partial charge is 0.371 e. The summed E-state index contributed by atoms with van der Waals surface area (Å²) in [5, 5.41) is 3.41. The normalized spacial score (nSPS) is 17.7. The van der Waals surface area contributed by atoms with Crippen molar-refractivity contribution in [2.24, 2.45) is 5.73 Å². The second-order valence-corrected chi connectivity index (χ2v) is 3.61. The number of aryl methyl sites for hydroxylation is 1. The van der Waals surface area contributed by atoms with Gasteiger partial charge in [-0.25, -0.2) is 0 Å². The number of anilines is 1. The number of rotatable bonds is 2. The van der Waals surface area contributed by atoms with E-state index in [2.05, 4.69) is 29.1 Å². The van der Waals surface area contributed by atoms with Crippen molar-refractivity contribution in [2.75, 3.05) is 11.9 Å². The Labute approximate surface area is 78.9 Å². The number of hydrogen-bond donors (Lipinski definition) is 2. The maximum absolute atomic E-state index is 6.01. The lowest BCUT2D eigenvalue weighted by Crippen LogP contribution is -2.19. The van der Waals surface area contributed by atoms with E-state index in [0.29, 0.717) is 0 Å². The lowest BCUT2D eigenvalue weighted by Gasteiger charge is -2.20. The van der Waals surface area contributed by atoms with E-state index in [1.54, 1.807) is 0 Å². The molecule has 1 aromatic rings. The minimum absolute atomic E-state index is 0.182. The molecule has 1 aromatic heterocycles. The number of fused-ring (bicyclic) bond motifs is 1. The fourth-order valence-corrected chi connectivity index (χ4v) is 1.85. The zero-order valence-corrected chi connectivity index (χ0v) is 8.09. The first-order valence-electron chi connectivity index (χ1n) is 5.01. The smallest absolute Gasteiger partial charge is 0.110 e. The molecule has 0 amide bonds. The molecule has 3 heteroatoms. The Hall–Kier alpha value is -0.960. The van der Waals surface area contributed by atoms with Crippen molar-refractivity contribution in [3.8, 4) is 0 Å². The average molecular weight is 179 g/mol. The van der Waals surface area contributed by atoms with Crippen LogP contribution in [0, 0.1) is 0 Å². The van der Waals surface area contributed by atoms with Gasteiger partial charge in [0.1, 0.15) is 5.82 Å². The summed E-state index contributed by atoms with van der Waals surface area (Å²) in [6, 6.07) is 2.32. The van der Waals surface area contributed by atoms with Gasteiger partial charge in [0.25, 0.3) is 0 Å². The van der Waals surface area contributed by atoms with E-state index < -0.39 is 0 Å². The number of nitrogens with zero attached hydrogens (tertiary/aromatic N) is 1. The summed E-state index contributed by atoms with van der Waals surface area (Å²) in [7, 11) is 0. The fraction of sp³-hybridized carbons (Fsp3) is 0.600. The summed E-state index contributed by atoms with van der Waals surface area (Å²) in [4.78, 5) is 0. The van der Waals surface area contributed by atoms with Crippen LogP contribution in [0.15, 0.2) is 12.3 Å². The summed E-state index contributed by atoms with van der Waals surface area (Å²) < 4.78 is 2.26. The van der Waals surface area contributed by atoms with Crippen LogP contribution in [-0.2, 0) is 6.54 Å². The van der Waals surface area contributed by atoms with Crippen LogP contribution in [0.1, 0.15) is 31.4 Å². The first kappa shape index (κ1) is 8.63. The van der Waals surface area contributed by atoms with Gasteiger partial charge in [0.15, 0.2) is 0 Å². The molecule has 2 rings (SSSR count). The van der Waals surface area contributed by atoms with Crippen LogP contribution < -0.4 is 11.1 Å². The number of aromatic nitrogens is 1. The standard InChI is InChI=1S/C10H17N3/c1-2-9(11)8-4-7-13-6-3-5-12-10(8)13/h4,7,9,12H,2-3,5-6,11H2,1H3. The molecule has 2 heterocycles. The molecule has 1 aliphatic rings. The van der Waals surface area contributed by atoms with E-state index in [1.165, 1.54) is 17.8 Å². The Balaban J connectivity index is 2.31. The molecule has 1 aliphatic heterocycles. The van der Waals surface area contributed by atoms with Crippen molar-refractivity contribution in [3.05, 3.63) is 17.8 Å². The Morgan fingerprint density at radius 3 is 3.31 bits per heavy atom. The van der Waals surface area contributed by atoms with Crippen molar-refractivity contribution in [1.29, 1.82) is 0 Å². The molecule has 0 radical (unpaired) electrons. The van der Waals surface area contributed by atoms with Gasteiger partial charge in [0, 0.05) is 30.9 Å². The molecule has 13 heavy (non-hydrogen) atoms. The highest BCUT2D eigenvalue weighted by Crippen LogP contribution is 2.27. The maximum atomic E-state index is 6.01. The Morgan fingerprint density at radius 1 is 1.69 bits per heavy atom. The van der Waals surface area contributed by atoms with E-state index in [0.717, 1.165) is 19.5 Å². The predicted molar refractivity (Wildman–Crippen MR) is 54.8 cm³/mol. The van der Waals surface area contributed by atoms with Crippen molar-refractivity contribution in [3.63, 3.8) is 0 Å². The molecule has 0 aromatic carbocycles. The average Bonchev–Trinajstić information content (AvgIpc) is 2.60. The second-order valence-electron chi connectivity index (χ2n) is 3.61. The van der Waals surface area contributed by atoms with Gasteiger partial charge in [-0.1, -0.05) is 6.92 Å². The number of hydrogen-bond acceptors (Lipinski definition) is 2. The van der Waals surface area contributed by atoms with Crippen molar-refractivity contribution < 1.29 is 0 Å². The number of nitrogens with two attached hydrogens (primary N) is 1. The third kappa shape index (κ3) is 1.44. The SMILES string of the molecule is CCC(N)c1ccn2c1NCCC2. The molecule has 0 saturated carbocycles. The topological polar surface area (TPSA) is 43.0 Å². The molecule has 0 aliphatic carbocycles. The van der Waals surface area contributed by atoms with Crippen LogP contribution in [0.5, 0.6) is 0 Å². The van der Waals surface area contributed by atoms with Gasteiger partial charge in [0.2, 0.25) is 0 Å². The maximum Gasteiger partial charge on any atom is 0.110 e. The molecule has 0 bridgehead atoms. The zero-order valence-electron chi connectivity index (χ0n) is 8.09. The van der Waals surface area contributed by atoms with E-state index in [4.69, 9.17) is 5.73 Å². The monoisotopic (exact) mass is 179 g/mol. The molecule has 0 saturated heterocycles. The molecular weight excluding hydrogens is 162 g/mol. The molecular formula is C10H17N3. The van der Waals surface area contributed by atoms with Gasteiger partial charge in [-0.15, -0.1) is 0 Å². The second kappa shape index (κ2) is 3.42. The Kier molecular flexibility index (Phi) is 2.27. The molecule has 1 atom stereocenters. The molecule has 0 fully saturated rings. The molecule has 72 valence electrons. The van der Waals surface area contributed by atoms with Crippen molar-refractivity contribution in [1.82, 2.24) is 4.57 Å². The Bertz CT molecular complexity index is 290. The summed E-state index contributed by atoms with van der Waals surface area (Å²) in [5.74, 6) is 1.24. The molecule has 0 spiro atoms. The van der Waals surface area contributed by atoms with Gasteiger partial charge < -0.3 is 15.6 Å². The molecule has 3 N–H and O–H groups in total.